The first-order valence-corrected chi connectivity index (χ1v) is 4.69. The lowest BCUT2D eigenvalue weighted by Crippen LogP contribution is -1.86. The van der Waals surface area contributed by atoms with Crippen LogP contribution in [0.4, 0.5) is 5.69 Å². The summed E-state index contributed by atoms with van der Waals surface area (Å²) in [5, 5.41) is 28.6. The fourth-order valence-electron chi connectivity index (χ4n) is 1.52. The van der Waals surface area contributed by atoms with Crippen LogP contribution >= 0.6 is 0 Å². The summed E-state index contributed by atoms with van der Waals surface area (Å²) >= 11 is 0. The molecule has 0 saturated carbocycles. The van der Waals surface area contributed by atoms with Crippen molar-refractivity contribution in [1.82, 2.24) is 0 Å². The van der Waals surface area contributed by atoms with Gasteiger partial charge in [0.25, 0.3) is 0 Å². The van der Waals surface area contributed by atoms with Crippen LogP contribution in [0.2, 0.25) is 0 Å². The van der Waals surface area contributed by atoms with E-state index in [1.54, 1.807) is 12.1 Å². The summed E-state index contributed by atoms with van der Waals surface area (Å²) in [5.74, 6) is -0.0391. The molecule has 2 rings (SSSR count). The highest BCUT2D eigenvalue weighted by Gasteiger charge is 2.09. The predicted molar refractivity (Wildman–Crippen MR) is 61.3 cm³/mol. The molecule has 4 heteroatoms. The second-order valence-electron chi connectivity index (χ2n) is 3.48. The summed E-state index contributed by atoms with van der Waals surface area (Å²) in [6.07, 6.45) is 0. The number of phenolic OH excluding ortho intramolecular Hbond substituents is 3. The summed E-state index contributed by atoms with van der Waals surface area (Å²) in [4.78, 5) is 0. The minimum atomic E-state index is -0.0408. The minimum Gasteiger partial charge on any atom is -0.508 e. The Morgan fingerprint density at radius 1 is 0.750 bits per heavy atom. The summed E-state index contributed by atoms with van der Waals surface area (Å²) in [5.41, 5.74) is 6.71. The van der Waals surface area contributed by atoms with Crippen LogP contribution < -0.4 is 5.73 Å². The van der Waals surface area contributed by atoms with Crippen molar-refractivity contribution in [1.29, 1.82) is 0 Å². The van der Waals surface area contributed by atoms with Gasteiger partial charge in [0.05, 0.1) is 0 Å². The second-order valence-corrected chi connectivity index (χ2v) is 3.48. The Hall–Kier alpha value is -2.36. The lowest BCUT2D eigenvalue weighted by atomic mass is 10.0. The van der Waals surface area contributed by atoms with Gasteiger partial charge in [-0.3, -0.25) is 0 Å². The van der Waals surface area contributed by atoms with Crippen molar-refractivity contribution in [2.75, 3.05) is 5.73 Å². The molecular formula is C12H11NO3. The van der Waals surface area contributed by atoms with E-state index in [-0.39, 0.29) is 17.2 Å². The highest BCUT2D eigenvalue weighted by molar-refractivity contribution is 5.77. The van der Waals surface area contributed by atoms with Crippen LogP contribution in [0.15, 0.2) is 36.4 Å². The van der Waals surface area contributed by atoms with Gasteiger partial charge >= 0.3 is 0 Å². The normalized spacial score (nSPS) is 10.2. The molecule has 0 fully saturated rings. The Labute approximate surface area is 92.2 Å². The van der Waals surface area contributed by atoms with Gasteiger partial charge in [0.2, 0.25) is 0 Å². The molecule has 0 aliphatic rings. The number of anilines is 1. The molecule has 0 unspecified atom stereocenters. The maximum atomic E-state index is 9.69. The monoisotopic (exact) mass is 217 g/mol. The molecule has 0 aliphatic heterocycles. The molecule has 0 aromatic heterocycles. The van der Waals surface area contributed by atoms with Crippen LogP contribution in [-0.2, 0) is 0 Å². The molecule has 5 N–H and O–H groups in total. The molecule has 0 amide bonds. The molecule has 0 atom stereocenters. The van der Waals surface area contributed by atoms with Crippen molar-refractivity contribution in [3.05, 3.63) is 36.4 Å². The topological polar surface area (TPSA) is 86.7 Å². The van der Waals surface area contributed by atoms with E-state index in [1.165, 1.54) is 24.3 Å². The molecule has 82 valence electrons. The molecule has 0 radical (unpaired) electrons. The van der Waals surface area contributed by atoms with E-state index in [2.05, 4.69) is 0 Å². The van der Waals surface area contributed by atoms with E-state index in [0.717, 1.165) is 0 Å². The Kier molecular flexibility index (Phi) is 2.32. The van der Waals surface area contributed by atoms with Gasteiger partial charge in [0, 0.05) is 22.9 Å². The first-order valence-electron chi connectivity index (χ1n) is 4.69. The predicted octanol–water partition coefficient (Wildman–Crippen LogP) is 2.05. The number of hydrogen-bond donors (Lipinski definition) is 4. The standard InChI is InChI=1S/C12H11NO3/c13-7-1-3-9(12(16)5-7)10-6-8(14)2-4-11(10)15/h1-6,14-16H,13H2. The first-order chi connectivity index (χ1) is 7.58. The average molecular weight is 217 g/mol. The number of aromatic hydroxyl groups is 3. The van der Waals surface area contributed by atoms with Gasteiger partial charge in [-0.15, -0.1) is 0 Å². The summed E-state index contributed by atoms with van der Waals surface area (Å²) < 4.78 is 0. The van der Waals surface area contributed by atoms with Crippen molar-refractivity contribution < 1.29 is 15.3 Å². The average Bonchev–Trinajstić information content (AvgIpc) is 2.22. The smallest absolute Gasteiger partial charge is 0.125 e. The van der Waals surface area contributed by atoms with Gasteiger partial charge in [0.1, 0.15) is 17.2 Å². The van der Waals surface area contributed by atoms with Gasteiger partial charge < -0.3 is 21.1 Å². The van der Waals surface area contributed by atoms with Crippen LogP contribution in [0, 0.1) is 0 Å². The third-order valence-corrected chi connectivity index (χ3v) is 2.29. The fraction of sp³-hybridized carbons (Fsp3) is 0. The quantitative estimate of drug-likeness (QED) is 0.435. The van der Waals surface area contributed by atoms with E-state index in [1.807, 2.05) is 0 Å². The number of nitrogen functional groups attached to an aromatic ring is 1. The molecule has 0 heterocycles. The summed E-state index contributed by atoms with van der Waals surface area (Å²) in [6, 6.07) is 8.69. The molecule has 0 bridgehead atoms. The molecule has 2 aromatic rings. The van der Waals surface area contributed by atoms with E-state index in [0.29, 0.717) is 16.8 Å². The van der Waals surface area contributed by atoms with Crippen LogP contribution in [0.1, 0.15) is 0 Å². The zero-order chi connectivity index (χ0) is 11.7. The number of nitrogens with two attached hydrogens (primary N) is 1. The van der Waals surface area contributed by atoms with E-state index in [4.69, 9.17) is 5.73 Å². The molecule has 16 heavy (non-hydrogen) atoms. The zero-order valence-corrected chi connectivity index (χ0v) is 8.38. The maximum Gasteiger partial charge on any atom is 0.125 e. The largest absolute Gasteiger partial charge is 0.508 e. The lowest BCUT2D eigenvalue weighted by Gasteiger charge is -2.08. The van der Waals surface area contributed by atoms with Crippen LogP contribution in [-0.4, -0.2) is 15.3 Å². The highest BCUT2D eigenvalue weighted by Crippen LogP contribution is 2.37. The maximum absolute atomic E-state index is 9.69. The number of phenols is 3. The van der Waals surface area contributed by atoms with E-state index >= 15 is 0 Å². The number of benzene rings is 2. The SMILES string of the molecule is Nc1ccc(-c2cc(O)ccc2O)c(O)c1. The Balaban J connectivity index is 2.62. The van der Waals surface area contributed by atoms with E-state index < -0.39 is 0 Å². The van der Waals surface area contributed by atoms with Gasteiger partial charge in [-0.2, -0.15) is 0 Å². The van der Waals surface area contributed by atoms with Crippen molar-refractivity contribution in [3.63, 3.8) is 0 Å². The molecule has 0 spiro atoms. The third-order valence-electron chi connectivity index (χ3n) is 2.29. The Morgan fingerprint density at radius 3 is 2.19 bits per heavy atom. The molecule has 2 aromatic carbocycles. The van der Waals surface area contributed by atoms with Crippen molar-refractivity contribution in [2.45, 2.75) is 0 Å². The number of hydrogen-bond acceptors (Lipinski definition) is 4. The lowest BCUT2D eigenvalue weighted by molar-refractivity contribution is 0.459. The van der Waals surface area contributed by atoms with Crippen LogP contribution in [0.3, 0.4) is 0 Å². The van der Waals surface area contributed by atoms with Gasteiger partial charge in [-0.25, -0.2) is 0 Å². The third kappa shape index (κ3) is 1.72. The zero-order valence-electron chi connectivity index (χ0n) is 8.38. The van der Waals surface area contributed by atoms with E-state index in [9.17, 15) is 15.3 Å². The Morgan fingerprint density at radius 2 is 1.50 bits per heavy atom. The molecular weight excluding hydrogens is 206 g/mol. The highest BCUT2D eigenvalue weighted by atomic mass is 16.3. The molecule has 4 nitrogen and oxygen atoms in total. The van der Waals surface area contributed by atoms with Crippen LogP contribution in [0.25, 0.3) is 11.1 Å². The van der Waals surface area contributed by atoms with Gasteiger partial charge in [-0.05, 0) is 30.3 Å². The first kappa shape index (κ1) is 10.2. The van der Waals surface area contributed by atoms with Crippen molar-refractivity contribution >= 4 is 5.69 Å². The fourth-order valence-corrected chi connectivity index (χ4v) is 1.52. The Bertz CT molecular complexity index is 538. The van der Waals surface area contributed by atoms with Gasteiger partial charge in [-0.1, -0.05) is 0 Å². The van der Waals surface area contributed by atoms with Crippen molar-refractivity contribution in [2.24, 2.45) is 0 Å². The molecule has 0 saturated heterocycles. The van der Waals surface area contributed by atoms with Gasteiger partial charge in [0.15, 0.2) is 0 Å². The summed E-state index contributed by atoms with van der Waals surface area (Å²) in [7, 11) is 0. The second kappa shape index (κ2) is 3.66. The number of rotatable bonds is 1. The van der Waals surface area contributed by atoms with Crippen molar-refractivity contribution in [3.8, 4) is 28.4 Å². The molecule has 0 aliphatic carbocycles. The van der Waals surface area contributed by atoms with Crippen LogP contribution in [0.5, 0.6) is 17.2 Å². The summed E-state index contributed by atoms with van der Waals surface area (Å²) in [6.45, 7) is 0. The minimum absolute atomic E-state index is 0.0159.